The Balaban J connectivity index is 2.30. The SMILES string of the molecule is CC1=C2CCCCC(C)C2CC1=O. The lowest BCUT2D eigenvalue weighted by atomic mass is 9.87. The Labute approximate surface area is 80.2 Å². The van der Waals surface area contributed by atoms with Crippen molar-refractivity contribution in [3.63, 3.8) is 0 Å². The summed E-state index contributed by atoms with van der Waals surface area (Å²) >= 11 is 0. The number of ketones is 1. The fourth-order valence-corrected chi connectivity index (χ4v) is 2.83. The van der Waals surface area contributed by atoms with E-state index in [1.807, 2.05) is 6.92 Å². The number of fused-ring (bicyclic) bond motifs is 1. The minimum atomic E-state index is 0.411. The van der Waals surface area contributed by atoms with Crippen LogP contribution in [0.2, 0.25) is 0 Å². The van der Waals surface area contributed by atoms with Gasteiger partial charge in [0.05, 0.1) is 0 Å². The maximum absolute atomic E-state index is 11.5. The molecular formula is C12H18O. The van der Waals surface area contributed by atoms with Gasteiger partial charge in [-0.25, -0.2) is 0 Å². The third kappa shape index (κ3) is 1.45. The van der Waals surface area contributed by atoms with Crippen LogP contribution in [0.1, 0.15) is 46.0 Å². The summed E-state index contributed by atoms with van der Waals surface area (Å²) in [7, 11) is 0. The van der Waals surface area contributed by atoms with Gasteiger partial charge < -0.3 is 0 Å². The first-order valence-corrected chi connectivity index (χ1v) is 5.43. The first kappa shape index (κ1) is 8.98. The Kier molecular flexibility index (Phi) is 2.27. The molecular weight excluding hydrogens is 160 g/mol. The van der Waals surface area contributed by atoms with Crippen LogP contribution in [0.25, 0.3) is 0 Å². The number of allylic oxidation sites excluding steroid dienone is 2. The van der Waals surface area contributed by atoms with E-state index in [0.29, 0.717) is 11.7 Å². The molecule has 2 rings (SSSR count). The summed E-state index contributed by atoms with van der Waals surface area (Å²) in [6.07, 6.45) is 5.95. The molecule has 2 aliphatic rings. The maximum Gasteiger partial charge on any atom is 0.159 e. The molecule has 2 atom stereocenters. The van der Waals surface area contributed by atoms with E-state index in [4.69, 9.17) is 0 Å². The number of Topliss-reactive ketones (excluding diaryl/α,β-unsaturated/α-hetero) is 1. The highest BCUT2D eigenvalue weighted by molar-refractivity contribution is 5.98. The fraction of sp³-hybridized carbons (Fsp3) is 0.750. The van der Waals surface area contributed by atoms with E-state index < -0.39 is 0 Å². The molecule has 0 aromatic heterocycles. The number of rotatable bonds is 0. The summed E-state index contributed by atoms with van der Waals surface area (Å²) in [6, 6.07) is 0. The van der Waals surface area contributed by atoms with Crippen molar-refractivity contribution < 1.29 is 4.79 Å². The Morgan fingerprint density at radius 2 is 2.08 bits per heavy atom. The molecule has 0 N–H and O–H groups in total. The molecule has 0 amide bonds. The van der Waals surface area contributed by atoms with Crippen molar-refractivity contribution in [3.05, 3.63) is 11.1 Å². The second kappa shape index (κ2) is 3.28. The molecule has 0 aromatic carbocycles. The van der Waals surface area contributed by atoms with Gasteiger partial charge in [0, 0.05) is 6.42 Å². The molecule has 0 bridgehead atoms. The Bertz CT molecular complexity index is 262. The molecule has 0 aliphatic heterocycles. The lowest BCUT2D eigenvalue weighted by molar-refractivity contribution is -0.115. The van der Waals surface area contributed by atoms with Crippen molar-refractivity contribution in [2.24, 2.45) is 11.8 Å². The van der Waals surface area contributed by atoms with E-state index in [-0.39, 0.29) is 0 Å². The third-order valence-corrected chi connectivity index (χ3v) is 3.80. The number of hydrogen-bond acceptors (Lipinski definition) is 1. The highest BCUT2D eigenvalue weighted by Crippen LogP contribution is 2.41. The van der Waals surface area contributed by atoms with Crippen LogP contribution in [0, 0.1) is 11.8 Å². The standard InChI is InChI=1S/C12H18O/c1-8-5-3-4-6-10-9(2)12(13)7-11(8)10/h8,11H,3-7H2,1-2H3. The summed E-state index contributed by atoms with van der Waals surface area (Å²) in [5.41, 5.74) is 2.59. The molecule has 0 saturated heterocycles. The zero-order valence-electron chi connectivity index (χ0n) is 8.60. The van der Waals surface area contributed by atoms with Gasteiger partial charge in [-0.2, -0.15) is 0 Å². The molecule has 0 aromatic rings. The predicted molar refractivity (Wildman–Crippen MR) is 53.4 cm³/mol. The molecule has 0 spiro atoms. The van der Waals surface area contributed by atoms with Gasteiger partial charge in [0.15, 0.2) is 5.78 Å². The van der Waals surface area contributed by atoms with E-state index in [9.17, 15) is 4.79 Å². The topological polar surface area (TPSA) is 17.1 Å². The van der Waals surface area contributed by atoms with Crippen LogP contribution in [0.5, 0.6) is 0 Å². The van der Waals surface area contributed by atoms with Gasteiger partial charge in [-0.05, 0) is 37.2 Å². The smallest absolute Gasteiger partial charge is 0.159 e. The molecule has 1 fully saturated rings. The lowest BCUT2D eigenvalue weighted by Crippen LogP contribution is -2.09. The van der Waals surface area contributed by atoms with Gasteiger partial charge in [-0.1, -0.05) is 25.3 Å². The molecule has 0 radical (unpaired) electrons. The van der Waals surface area contributed by atoms with Crippen molar-refractivity contribution >= 4 is 5.78 Å². The fourth-order valence-electron chi connectivity index (χ4n) is 2.83. The average Bonchev–Trinajstić information content (AvgIpc) is 2.30. The number of carbonyl (C=O) groups excluding carboxylic acids is 1. The summed E-state index contributed by atoms with van der Waals surface area (Å²) in [6.45, 7) is 4.33. The largest absolute Gasteiger partial charge is 0.295 e. The zero-order chi connectivity index (χ0) is 9.42. The maximum atomic E-state index is 11.5. The monoisotopic (exact) mass is 178 g/mol. The molecule has 0 heterocycles. The van der Waals surface area contributed by atoms with Gasteiger partial charge in [0.25, 0.3) is 0 Å². The Morgan fingerprint density at radius 1 is 1.31 bits per heavy atom. The molecule has 1 saturated carbocycles. The highest BCUT2D eigenvalue weighted by atomic mass is 16.1. The van der Waals surface area contributed by atoms with Crippen LogP contribution in [0.15, 0.2) is 11.1 Å². The molecule has 13 heavy (non-hydrogen) atoms. The van der Waals surface area contributed by atoms with Crippen LogP contribution in [-0.2, 0) is 4.79 Å². The van der Waals surface area contributed by atoms with Gasteiger partial charge in [0.1, 0.15) is 0 Å². The van der Waals surface area contributed by atoms with Gasteiger partial charge in [0.2, 0.25) is 0 Å². The van der Waals surface area contributed by atoms with Crippen molar-refractivity contribution in [1.82, 2.24) is 0 Å². The molecule has 72 valence electrons. The summed E-state index contributed by atoms with van der Waals surface area (Å²) in [5.74, 6) is 1.75. The molecule has 1 heteroatoms. The summed E-state index contributed by atoms with van der Waals surface area (Å²) in [4.78, 5) is 11.5. The number of carbonyl (C=O) groups is 1. The van der Waals surface area contributed by atoms with Crippen LogP contribution in [-0.4, -0.2) is 5.78 Å². The van der Waals surface area contributed by atoms with Gasteiger partial charge >= 0.3 is 0 Å². The zero-order valence-corrected chi connectivity index (χ0v) is 8.60. The van der Waals surface area contributed by atoms with Crippen LogP contribution >= 0.6 is 0 Å². The quantitative estimate of drug-likeness (QED) is 0.557. The third-order valence-electron chi connectivity index (χ3n) is 3.80. The van der Waals surface area contributed by atoms with Crippen molar-refractivity contribution in [2.45, 2.75) is 46.0 Å². The Morgan fingerprint density at radius 3 is 2.85 bits per heavy atom. The molecule has 1 nitrogen and oxygen atoms in total. The molecule has 2 aliphatic carbocycles. The van der Waals surface area contributed by atoms with E-state index in [1.165, 1.54) is 31.3 Å². The minimum absolute atomic E-state index is 0.411. The highest BCUT2D eigenvalue weighted by Gasteiger charge is 2.33. The predicted octanol–water partition coefficient (Wildman–Crippen LogP) is 3.10. The van der Waals surface area contributed by atoms with Gasteiger partial charge in [-0.15, -0.1) is 0 Å². The first-order valence-electron chi connectivity index (χ1n) is 5.43. The average molecular weight is 178 g/mol. The second-order valence-corrected chi connectivity index (χ2v) is 4.61. The van der Waals surface area contributed by atoms with Crippen molar-refractivity contribution in [3.8, 4) is 0 Å². The van der Waals surface area contributed by atoms with Gasteiger partial charge in [-0.3, -0.25) is 4.79 Å². The Hall–Kier alpha value is -0.590. The minimum Gasteiger partial charge on any atom is -0.295 e. The van der Waals surface area contributed by atoms with Crippen molar-refractivity contribution in [2.75, 3.05) is 0 Å². The van der Waals surface area contributed by atoms with E-state index in [1.54, 1.807) is 0 Å². The second-order valence-electron chi connectivity index (χ2n) is 4.61. The number of hydrogen-bond donors (Lipinski definition) is 0. The normalized spacial score (nSPS) is 34.8. The molecule has 2 unspecified atom stereocenters. The summed E-state index contributed by atoms with van der Waals surface area (Å²) in [5, 5.41) is 0. The summed E-state index contributed by atoms with van der Waals surface area (Å²) < 4.78 is 0. The van der Waals surface area contributed by atoms with Crippen molar-refractivity contribution in [1.29, 1.82) is 0 Å². The van der Waals surface area contributed by atoms with E-state index in [0.717, 1.165) is 17.9 Å². The van der Waals surface area contributed by atoms with Crippen LogP contribution in [0.4, 0.5) is 0 Å². The van der Waals surface area contributed by atoms with Crippen LogP contribution in [0.3, 0.4) is 0 Å². The van der Waals surface area contributed by atoms with Crippen LogP contribution < -0.4 is 0 Å². The lowest BCUT2D eigenvalue weighted by Gasteiger charge is -2.17. The van der Waals surface area contributed by atoms with E-state index in [2.05, 4.69) is 6.92 Å². The van der Waals surface area contributed by atoms with E-state index >= 15 is 0 Å². The first-order chi connectivity index (χ1) is 6.20.